The summed E-state index contributed by atoms with van der Waals surface area (Å²) in [5.74, 6) is 1.15. The molecule has 1 heterocycles. The molecule has 0 bridgehead atoms. The maximum atomic E-state index is 12.5. The Labute approximate surface area is 188 Å². The first kappa shape index (κ1) is 23.1. The zero-order valence-corrected chi connectivity index (χ0v) is 18.7. The summed E-state index contributed by atoms with van der Waals surface area (Å²) >= 11 is 6.45. The Balaban J connectivity index is 1.66. The molecule has 1 saturated heterocycles. The number of nitrogens with zero attached hydrogens (tertiary/aromatic N) is 1. The summed E-state index contributed by atoms with van der Waals surface area (Å²) in [7, 11) is 1.60. The standard InChI is InChI=1S/C24H29ClN2O4/c1-3-31-22-10-8-18(16-23(22)29-2)9-11-24(28)26-17-21(27-12-14-30-15-13-27)19-6-4-5-7-20(19)25/h4-11,16,21H,3,12-15,17H2,1-2H3,(H,26,28)/b11-9+. The second kappa shape index (κ2) is 11.7. The molecule has 0 spiro atoms. The highest BCUT2D eigenvalue weighted by molar-refractivity contribution is 6.31. The maximum absolute atomic E-state index is 12.5. The fourth-order valence-electron chi connectivity index (χ4n) is 3.56. The van der Waals surface area contributed by atoms with E-state index in [1.165, 1.54) is 6.08 Å². The van der Waals surface area contributed by atoms with Gasteiger partial charge >= 0.3 is 0 Å². The molecule has 166 valence electrons. The summed E-state index contributed by atoms with van der Waals surface area (Å²) in [6.45, 7) is 5.89. The van der Waals surface area contributed by atoms with Crippen LogP contribution in [0.2, 0.25) is 5.02 Å². The van der Waals surface area contributed by atoms with Gasteiger partial charge in [0.25, 0.3) is 0 Å². The number of ether oxygens (including phenoxy) is 3. The largest absolute Gasteiger partial charge is 0.493 e. The van der Waals surface area contributed by atoms with Crippen molar-refractivity contribution >= 4 is 23.6 Å². The van der Waals surface area contributed by atoms with Crippen LogP contribution in [0.4, 0.5) is 0 Å². The van der Waals surface area contributed by atoms with E-state index < -0.39 is 0 Å². The van der Waals surface area contributed by atoms with Crippen LogP contribution in [0.3, 0.4) is 0 Å². The third kappa shape index (κ3) is 6.47. The van der Waals surface area contributed by atoms with Crippen LogP contribution in [0.15, 0.2) is 48.5 Å². The van der Waals surface area contributed by atoms with Gasteiger partial charge in [-0.25, -0.2) is 0 Å². The van der Waals surface area contributed by atoms with Gasteiger partial charge in [0.1, 0.15) is 0 Å². The minimum Gasteiger partial charge on any atom is -0.493 e. The average molecular weight is 445 g/mol. The first-order valence-electron chi connectivity index (χ1n) is 10.4. The molecule has 1 aliphatic rings. The summed E-state index contributed by atoms with van der Waals surface area (Å²) in [5.41, 5.74) is 1.86. The summed E-state index contributed by atoms with van der Waals surface area (Å²) in [6.07, 6.45) is 3.28. The van der Waals surface area contributed by atoms with E-state index in [9.17, 15) is 4.79 Å². The van der Waals surface area contributed by atoms with Gasteiger partial charge in [-0.15, -0.1) is 0 Å². The van der Waals surface area contributed by atoms with Crippen molar-refractivity contribution in [3.05, 3.63) is 64.7 Å². The number of hydrogen-bond donors (Lipinski definition) is 1. The van der Waals surface area contributed by atoms with Crippen LogP contribution in [0, 0.1) is 0 Å². The van der Waals surface area contributed by atoms with Gasteiger partial charge in [-0.1, -0.05) is 35.9 Å². The predicted molar refractivity (Wildman–Crippen MR) is 123 cm³/mol. The van der Waals surface area contributed by atoms with Crippen LogP contribution in [-0.2, 0) is 9.53 Å². The van der Waals surface area contributed by atoms with Gasteiger partial charge in [-0.05, 0) is 42.3 Å². The van der Waals surface area contributed by atoms with Crippen LogP contribution in [-0.4, -0.2) is 57.4 Å². The lowest BCUT2D eigenvalue weighted by Crippen LogP contribution is -2.43. The van der Waals surface area contributed by atoms with Gasteiger partial charge in [-0.3, -0.25) is 9.69 Å². The SMILES string of the molecule is CCOc1ccc(/C=C/C(=O)NCC(c2ccccc2Cl)N2CCOCC2)cc1OC. The third-order valence-electron chi connectivity index (χ3n) is 5.13. The topological polar surface area (TPSA) is 60.0 Å². The van der Waals surface area contributed by atoms with Gasteiger partial charge in [0.05, 0.1) is 33.0 Å². The van der Waals surface area contributed by atoms with Crippen LogP contribution in [0.1, 0.15) is 24.1 Å². The number of halogens is 1. The molecule has 6 nitrogen and oxygen atoms in total. The monoisotopic (exact) mass is 444 g/mol. The van der Waals surface area contributed by atoms with Crippen LogP contribution in [0.25, 0.3) is 6.08 Å². The summed E-state index contributed by atoms with van der Waals surface area (Å²) in [5, 5.41) is 3.71. The van der Waals surface area contributed by atoms with E-state index >= 15 is 0 Å². The zero-order valence-electron chi connectivity index (χ0n) is 18.0. The van der Waals surface area contributed by atoms with Crippen molar-refractivity contribution in [3.8, 4) is 11.5 Å². The second-order valence-corrected chi connectivity index (χ2v) is 7.51. The zero-order chi connectivity index (χ0) is 22.1. The van der Waals surface area contributed by atoms with E-state index in [2.05, 4.69) is 10.2 Å². The first-order valence-corrected chi connectivity index (χ1v) is 10.8. The summed E-state index contributed by atoms with van der Waals surface area (Å²) < 4.78 is 16.4. The van der Waals surface area contributed by atoms with Crippen LogP contribution >= 0.6 is 11.6 Å². The molecular weight excluding hydrogens is 416 g/mol. The van der Waals surface area contributed by atoms with Crippen LogP contribution < -0.4 is 14.8 Å². The molecule has 0 saturated carbocycles. The van der Waals surface area contributed by atoms with Gasteiger partial charge in [-0.2, -0.15) is 0 Å². The molecule has 31 heavy (non-hydrogen) atoms. The van der Waals surface area contributed by atoms with Crippen molar-refractivity contribution in [3.63, 3.8) is 0 Å². The van der Waals surface area contributed by atoms with Crippen LogP contribution in [0.5, 0.6) is 11.5 Å². The minimum atomic E-state index is -0.168. The fraction of sp³-hybridized carbons (Fsp3) is 0.375. The number of nitrogens with one attached hydrogen (secondary N) is 1. The lowest BCUT2D eigenvalue weighted by molar-refractivity contribution is -0.116. The highest BCUT2D eigenvalue weighted by atomic mass is 35.5. The number of methoxy groups -OCH3 is 1. The summed E-state index contributed by atoms with van der Waals surface area (Å²) in [4.78, 5) is 14.8. The van der Waals surface area contributed by atoms with E-state index in [0.29, 0.717) is 42.9 Å². The van der Waals surface area contributed by atoms with E-state index in [1.807, 2.05) is 49.4 Å². The quantitative estimate of drug-likeness (QED) is 0.593. The third-order valence-corrected chi connectivity index (χ3v) is 5.48. The fourth-order valence-corrected chi connectivity index (χ4v) is 3.82. The first-order chi connectivity index (χ1) is 15.1. The Morgan fingerprint density at radius 1 is 1.23 bits per heavy atom. The Morgan fingerprint density at radius 2 is 2.00 bits per heavy atom. The number of carbonyl (C=O) groups is 1. The highest BCUT2D eigenvalue weighted by Gasteiger charge is 2.24. The Morgan fingerprint density at radius 3 is 2.71 bits per heavy atom. The van der Waals surface area contributed by atoms with Crippen molar-refractivity contribution in [2.24, 2.45) is 0 Å². The molecule has 0 aromatic heterocycles. The van der Waals surface area contributed by atoms with Gasteiger partial charge in [0.15, 0.2) is 11.5 Å². The number of amides is 1. The van der Waals surface area contributed by atoms with Gasteiger partial charge < -0.3 is 19.5 Å². The van der Waals surface area contributed by atoms with Gasteiger partial charge in [0, 0.05) is 30.7 Å². The summed E-state index contributed by atoms with van der Waals surface area (Å²) in [6, 6.07) is 13.3. The second-order valence-electron chi connectivity index (χ2n) is 7.11. The number of carbonyl (C=O) groups excluding carboxylic acids is 1. The van der Waals surface area contributed by atoms with Crippen molar-refractivity contribution in [2.75, 3.05) is 46.6 Å². The molecule has 1 fully saturated rings. The average Bonchev–Trinajstić information content (AvgIpc) is 2.80. The van der Waals surface area contributed by atoms with E-state index in [0.717, 1.165) is 24.2 Å². The molecule has 0 radical (unpaired) electrons. The molecule has 1 unspecified atom stereocenters. The lowest BCUT2D eigenvalue weighted by Gasteiger charge is -2.35. The molecule has 2 aromatic carbocycles. The Bertz CT molecular complexity index is 897. The molecule has 3 rings (SSSR count). The van der Waals surface area contributed by atoms with Crippen molar-refractivity contribution in [1.29, 1.82) is 0 Å². The number of benzene rings is 2. The Kier molecular flexibility index (Phi) is 8.76. The molecule has 2 aromatic rings. The minimum absolute atomic E-state index is 0.0134. The lowest BCUT2D eigenvalue weighted by atomic mass is 10.0. The molecule has 7 heteroatoms. The van der Waals surface area contributed by atoms with E-state index in [4.69, 9.17) is 25.8 Å². The highest BCUT2D eigenvalue weighted by Crippen LogP contribution is 2.29. The molecular formula is C24H29ClN2O4. The Hall–Kier alpha value is -2.54. The normalized spacial score (nSPS) is 15.6. The molecule has 1 atom stereocenters. The van der Waals surface area contributed by atoms with Crippen molar-refractivity contribution in [1.82, 2.24) is 10.2 Å². The number of rotatable bonds is 9. The maximum Gasteiger partial charge on any atom is 0.244 e. The molecule has 1 amide bonds. The van der Waals surface area contributed by atoms with E-state index in [1.54, 1.807) is 13.2 Å². The number of hydrogen-bond acceptors (Lipinski definition) is 5. The predicted octanol–water partition coefficient (Wildman–Crippen LogP) is 3.95. The van der Waals surface area contributed by atoms with Crippen molar-refractivity contribution in [2.45, 2.75) is 13.0 Å². The van der Waals surface area contributed by atoms with E-state index in [-0.39, 0.29) is 11.9 Å². The number of morpholine rings is 1. The molecule has 1 aliphatic heterocycles. The molecule has 0 aliphatic carbocycles. The molecule has 1 N–H and O–H groups in total. The van der Waals surface area contributed by atoms with Crippen molar-refractivity contribution < 1.29 is 19.0 Å². The smallest absolute Gasteiger partial charge is 0.244 e. The van der Waals surface area contributed by atoms with Gasteiger partial charge in [0.2, 0.25) is 5.91 Å².